The summed E-state index contributed by atoms with van der Waals surface area (Å²) in [4.78, 5) is 2.30. The van der Waals surface area contributed by atoms with Crippen molar-refractivity contribution >= 4 is 37.8 Å². The molecule has 2 aromatic carbocycles. The number of hydrogen-bond donors (Lipinski definition) is 1. The van der Waals surface area contributed by atoms with Crippen molar-refractivity contribution in [3.63, 3.8) is 0 Å². The normalized spacial score (nSPS) is 10.8. The van der Waals surface area contributed by atoms with Gasteiger partial charge in [0.1, 0.15) is 5.75 Å². The zero-order valence-corrected chi connectivity index (χ0v) is 18.6. The van der Waals surface area contributed by atoms with E-state index in [2.05, 4.69) is 44.0 Å². The number of para-hydroxylation sites is 1. The maximum atomic E-state index is 10.3. The Hall–Kier alpha value is -0.0757. The summed E-state index contributed by atoms with van der Waals surface area (Å²) in [7, 11) is 12.4. The summed E-state index contributed by atoms with van der Waals surface area (Å²) in [6.07, 6.45) is 0. The van der Waals surface area contributed by atoms with Gasteiger partial charge in [0.05, 0.1) is 0 Å². The van der Waals surface area contributed by atoms with Crippen LogP contribution in [0.1, 0.15) is 23.6 Å². The molecule has 0 heterocycles. The van der Waals surface area contributed by atoms with Crippen molar-refractivity contribution in [2.45, 2.75) is 27.3 Å². The van der Waals surface area contributed by atoms with E-state index in [0.29, 0.717) is 14.3 Å². The first-order valence-corrected chi connectivity index (χ1v) is 13.0. The molecule has 130 valence electrons. The fourth-order valence-electron chi connectivity index (χ4n) is 2.34. The van der Waals surface area contributed by atoms with Crippen LogP contribution in [-0.4, -0.2) is 23.6 Å². The van der Waals surface area contributed by atoms with Crippen LogP contribution >= 0.6 is 27.2 Å². The van der Waals surface area contributed by atoms with Gasteiger partial charge in [-0.2, -0.15) is 0 Å². The van der Waals surface area contributed by atoms with Crippen molar-refractivity contribution in [1.29, 1.82) is 0 Å². The molecule has 2 aromatic rings. The molecule has 0 saturated heterocycles. The van der Waals surface area contributed by atoms with E-state index in [9.17, 15) is 5.11 Å². The number of nitrogens with zero attached hydrogens (tertiary/aromatic N) is 1. The van der Waals surface area contributed by atoms with Gasteiger partial charge in [-0.3, -0.25) is 0 Å². The molecule has 0 amide bonds. The molecular weight excluding hydrogens is 396 g/mol. The van der Waals surface area contributed by atoms with Crippen molar-refractivity contribution in [2.75, 3.05) is 13.6 Å². The van der Waals surface area contributed by atoms with E-state index in [4.69, 9.17) is 18.6 Å². The summed E-state index contributed by atoms with van der Waals surface area (Å²) < 4.78 is 0. The Morgan fingerprint density at radius 3 is 2.29 bits per heavy atom. The van der Waals surface area contributed by atoms with Gasteiger partial charge in [-0.05, 0) is 49.4 Å². The van der Waals surface area contributed by atoms with E-state index in [1.54, 1.807) is 0 Å². The molecular formula is C18H24Cl2NOPTi. The molecule has 0 fully saturated rings. The van der Waals surface area contributed by atoms with Crippen LogP contribution in [0.3, 0.4) is 0 Å². The van der Waals surface area contributed by atoms with Crippen LogP contribution in [0.5, 0.6) is 5.75 Å². The molecule has 0 aliphatic heterocycles. The average Bonchev–Trinajstić information content (AvgIpc) is 2.55. The van der Waals surface area contributed by atoms with Crippen LogP contribution in [0.4, 0.5) is 0 Å². The van der Waals surface area contributed by atoms with Crippen LogP contribution < -0.4 is 10.6 Å². The molecule has 1 unspecified atom stereocenters. The van der Waals surface area contributed by atoms with Gasteiger partial charge in [0, 0.05) is 11.8 Å². The van der Waals surface area contributed by atoms with Gasteiger partial charge in [-0.1, -0.05) is 51.9 Å². The molecule has 0 aromatic heterocycles. The predicted molar refractivity (Wildman–Crippen MR) is 105 cm³/mol. The number of halogens is 2. The number of aryl methyl sites for hydroxylation is 2. The van der Waals surface area contributed by atoms with Crippen molar-refractivity contribution < 1.29 is 22.1 Å². The summed E-state index contributed by atoms with van der Waals surface area (Å²) in [5.74, 6) is 0.439. The van der Waals surface area contributed by atoms with Gasteiger partial charge in [-0.25, -0.2) is 0 Å². The first-order chi connectivity index (χ1) is 11.4. The maximum absolute atomic E-state index is 10.3. The number of phenols is 1. The molecule has 0 saturated carbocycles. The second kappa shape index (κ2) is 11.5. The molecule has 1 atom stereocenters. The average molecular weight is 420 g/mol. The van der Waals surface area contributed by atoms with Crippen molar-refractivity contribution in [3.05, 3.63) is 53.1 Å². The SMILES string of the molecule is CCN(C)Cc1cccc(C)c1Pc1cccc(C)c1O.[Cl][Ti][Cl]. The van der Waals surface area contributed by atoms with Crippen LogP contribution in [-0.2, 0) is 23.6 Å². The van der Waals surface area contributed by atoms with E-state index in [1.807, 2.05) is 25.1 Å². The number of benzene rings is 2. The van der Waals surface area contributed by atoms with Crippen LogP contribution in [0.25, 0.3) is 0 Å². The van der Waals surface area contributed by atoms with E-state index >= 15 is 0 Å². The van der Waals surface area contributed by atoms with Gasteiger partial charge in [0.2, 0.25) is 0 Å². The van der Waals surface area contributed by atoms with E-state index in [0.717, 1.165) is 24.0 Å². The second-order valence-electron chi connectivity index (χ2n) is 5.61. The Balaban J connectivity index is 0.000000891. The molecule has 0 bridgehead atoms. The van der Waals surface area contributed by atoms with E-state index < -0.39 is 17.0 Å². The van der Waals surface area contributed by atoms with Crippen molar-refractivity contribution in [1.82, 2.24) is 4.90 Å². The van der Waals surface area contributed by atoms with Gasteiger partial charge in [0.25, 0.3) is 0 Å². The number of rotatable bonds is 5. The zero-order valence-electron chi connectivity index (χ0n) is 14.5. The predicted octanol–water partition coefficient (Wildman–Crippen LogP) is 4.47. The molecule has 1 N–H and O–H groups in total. The molecule has 0 aliphatic carbocycles. The molecule has 2 rings (SSSR count). The zero-order chi connectivity index (χ0) is 18.1. The van der Waals surface area contributed by atoms with Gasteiger partial charge in [0.15, 0.2) is 0 Å². The van der Waals surface area contributed by atoms with E-state index in [1.165, 1.54) is 16.4 Å². The fourth-order valence-corrected chi connectivity index (χ4v) is 3.70. The quantitative estimate of drug-likeness (QED) is 0.571. The van der Waals surface area contributed by atoms with Gasteiger partial charge < -0.3 is 10.0 Å². The van der Waals surface area contributed by atoms with Crippen molar-refractivity contribution in [2.24, 2.45) is 0 Å². The second-order valence-corrected chi connectivity index (χ2v) is 9.47. The molecule has 24 heavy (non-hydrogen) atoms. The first kappa shape index (κ1) is 22.0. The third-order valence-electron chi connectivity index (χ3n) is 3.84. The van der Waals surface area contributed by atoms with Crippen LogP contribution in [0, 0.1) is 13.8 Å². The first-order valence-electron chi connectivity index (χ1n) is 7.73. The summed E-state index contributed by atoms with van der Waals surface area (Å²) in [5.41, 5.74) is 3.61. The minimum absolute atomic E-state index is 0.439. The van der Waals surface area contributed by atoms with Gasteiger partial charge >= 0.3 is 35.6 Å². The van der Waals surface area contributed by atoms with Crippen LogP contribution in [0.2, 0.25) is 0 Å². The number of aromatic hydroxyl groups is 1. The van der Waals surface area contributed by atoms with Gasteiger partial charge in [-0.15, -0.1) is 0 Å². The molecule has 0 aliphatic rings. The Bertz CT molecular complexity index is 655. The Morgan fingerprint density at radius 1 is 1.08 bits per heavy atom. The van der Waals surface area contributed by atoms with Crippen LogP contribution in [0.15, 0.2) is 36.4 Å². The third-order valence-corrected chi connectivity index (χ3v) is 5.47. The third kappa shape index (κ3) is 6.67. The summed E-state index contributed by atoms with van der Waals surface area (Å²) in [6, 6.07) is 12.5. The molecule has 0 radical (unpaired) electrons. The fraction of sp³-hybridized carbons (Fsp3) is 0.333. The summed E-state index contributed by atoms with van der Waals surface area (Å²) in [5, 5.41) is 12.7. The topological polar surface area (TPSA) is 23.5 Å². The Kier molecular flexibility index (Phi) is 10.5. The minimum atomic E-state index is -0.556. The van der Waals surface area contributed by atoms with E-state index in [-0.39, 0.29) is 0 Å². The number of hydrogen-bond acceptors (Lipinski definition) is 2. The Labute approximate surface area is 164 Å². The van der Waals surface area contributed by atoms with Crippen molar-refractivity contribution in [3.8, 4) is 5.75 Å². The Morgan fingerprint density at radius 2 is 1.67 bits per heavy atom. The summed E-state index contributed by atoms with van der Waals surface area (Å²) >= 11 is -0.556. The standard InChI is InChI=1S/C18H24NOP.2ClH.Ti/c1-5-19(4)12-15-10-6-9-14(3)18(15)21-16-11-7-8-13(2)17(16)20;;;/h6-11,20-21H,5,12H2,1-4H3;2*1H;/q;;;+2/p-2. The molecule has 6 heteroatoms. The molecule has 2 nitrogen and oxygen atoms in total. The monoisotopic (exact) mass is 419 g/mol. The summed E-state index contributed by atoms with van der Waals surface area (Å²) in [6.45, 7) is 8.26. The molecule has 0 spiro atoms. The number of phenolic OH excluding ortho intramolecular Hbond substituents is 1.